The highest BCUT2D eigenvalue weighted by atomic mass is 127. The lowest BCUT2D eigenvalue weighted by Crippen LogP contribution is -2.36. The maximum absolute atomic E-state index is 12.2. The average Bonchev–Trinajstić information content (AvgIpc) is 2.67. The van der Waals surface area contributed by atoms with Gasteiger partial charge in [0, 0.05) is 20.1 Å². The van der Waals surface area contributed by atoms with Gasteiger partial charge in [-0.05, 0) is 23.3 Å². The summed E-state index contributed by atoms with van der Waals surface area (Å²) in [6, 6.07) is 17.0. The first-order valence-corrected chi connectivity index (χ1v) is 8.08. The van der Waals surface area contributed by atoms with Gasteiger partial charge in [-0.15, -0.1) is 30.6 Å². The van der Waals surface area contributed by atoms with Crippen molar-refractivity contribution in [3.05, 3.63) is 83.9 Å². The van der Waals surface area contributed by atoms with Gasteiger partial charge in [0.2, 0.25) is 0 Å². The Hall–Kier alpha value is -2.35. The van der Waals surface area contributed by atoms with Crippen LogP contribution in [0, 0.1) is 0 Å². The van der Waals surface area contributed by atoms with Crippen LogP contribution in [0.5, 0.6) is 0 Å². The Bertz CT molecular complexity index is 733. The molecular formula is C20H24IN3O2. The van der Waals surface area contributed by atoms with Gasteiger partial charge in [0.25, 0.3) is 0 Å². The highest BCUT2D eigenvalue weighted by Gasteiger charge is 2.08. The SMILES string of the molecule is C=CCNC(=NC)NCc1cccc(C(=O)OCc2ccccc2)c1.I. The number of guanidine groups is 1. The van der Waals surface area contributed by atoms with Crippen LogP contribution >= 0.6 is 24.0 Å². The summed E-state index contributed by atoms with van der Waals surface area (Å²) in [4.78, 5) is 16.3. The van der Waals surface area contributed by atoms with Gasteiger partial charge in [-0.1, -0.05) is 48.5 Å². The number of hydrogen-bond donors (Lipinski definition) is 2. The number of aliphatic imine (C=N–C) groups is 1. The summed E-state index contributed by atoms with van der Waals surface area (Å²) in [5.74, 6) is 0.344. The van der Waals surface area contributed by atoms with E-state index in [1.807, 2.05) is 48.5 Å². The number of ether oxygens (including phenoxy) is 1. The van der Waals surface area contributed by atoms with E-state index in [-0.39, 0.29) is 36.6 Å². The molecule has 0 saturated carbocycles. The first-order valence-electron chi connectivity index (χ1n) is 8.08. The van der Waals surface area contributed by atoms with Crippen molar-refractivity contribution in [1.29, 1.82) is 0 Å². The van der Waals surface area contributed by atoms with E-state index in [9.17, 15) is 4.79 Å². The lowest BCUT2D eigenvalue weighted by Gasteiger charge is -2.11. The third-order valence-corrected chi connectivity index (χ3v) is 3.47. The first kappa shape index (κ1) is 21.7. The van der Waals surface area contributed by atoms with E-state index in [1.54, 1.807) is 19.2 Å². The Morgan fingerprint density at radius 3 is 2.54 bits per heavy atom. The molecule has 0 radical (unpaired) electrons. The average molecular weight is 465 g/mol. The van der Waals surface area contributed by atoms with Gasteiger partial charge in [-0.25, -0.2) is 4.79 Å². The predicted octanol–water partition coefficient (Wildman–Crippen LogP) is 3.51. The third kappa shape index (κ3) is 7.26. The Morgan fingerprint density at radius 2 is 1.85 bits per heavy atom. The minimum absolute atomic E-state index is 0. The number of halogens is 1. The standard InChI is InChI=1S/C20H23N3O2.HI/c1-3-12-22-20(21-2)23-14-17-10-7-11-18(13-17)19(24)25-15-16-8-5-4-6-9-16;/h3-11,13H,1,12,14-15H2,2H3,(H2,21,22,23);1H. The summed E-state index contributed by atoms with van der Waals surface area (Å²) >= 11 is 0. The molecule has 2 aromatic carbocycles. The molecule has 0 aliphatic rings. The van der Waals surface area contributed by atoms with Crippen LogP contribution in [0.4, 0.5) is 0 Å². The maximum Gasteiger partial charge on any atom is 0.338 e. The zero-order valence-corrected chi connectivity index (χ0v) is 17.1. The molecule has 0 spiro atoms. The van der Waals surface area contributed by atoms with Crippen molar-refractivity contribution in [2.75, 3.05) is 13.6 Å². The molecule has 2 N–H and O–H groups in total. The zero-order valence-electron chi connectivity index (χ0n) is 14.8. The van der Waals surface area contributed by atoms with E-state index in [0.29, 0.717) is 24.6 Å². The summed E-state index contributed by atoms with van der Waals surface area (Å²) in [5.41, 5.74) is 2.46. The fourth-order valence-corrected chi connectivity index (χ4v) is 2.19. The van der Waals surface area contributed by atoms with Crippen LogP contribution in [0.15, 0.2) is 72.2 Å². The van der Waals surface area contributed by atoms with E-state index in [4.69, 9.17) is 4.74 Å². The summed E-state index contributed by atoms with van der Waals surface area (Å²) in [7, 11) is 1.70. The Labute approximate surface area is 171 Å². The summed E-state index contributed by atoms with van der Waals surface area (Å²) < 4.78 is 5.36. The Balaban J connectivity index is 0.00000338. The fourth-order valence-electron chi connectivity index (χ4n) is 2.19. The second-order valence-corrected chi connectivity index (χ2v) is 5.36. The smallest absolute Gasteiger partial charge is 0.338 e. The monoisotopic (exact) mass is 465 g/mol. The molecule has 0 aromatic heterocycles. The topological polar surface area (TPSA) is 62.7 Å². The minimum Gasteiger partial charge on any atom is -0.457 e. The van der Waals surface area contributed by atoms with Crippen molar-refractivity contribution in [2.45, 2.75) is 13.2 Å². The van der Waals surface area contributed by atoms with Crippen LogP contribution in [-0.4, -0.2) is 25.5 Å². The molecular weight excluding hydrogens is 441 g/mol. The second-order valence-electron chi connectivity index (χ2n) is 5.36. The maximum atomic E-state index is 12.2. The molecule has 0 atom stereocenters. The number of esters is 1. The molecule has 6 heteroatoms. The molecule has 0 fully saturated rings. The number of benzene rings is 2. The van der Waals surface area contributed by atoms with Gasteiger partial charge >= 0.3 is 5.97 Å². The third-order valence-electron chi connectivity index (χ3n) is 3.47. The molecule has 0 bridgehead atoms. The van der Waals surface area contributed by atoms with Crippen molar-refractivity contribution >= 4 is 35.9 Å². The van der Waals surface area contributed by atoms with Crippen molar-refractivity contribution in [3.63, 3.8) is 0 Å². The number of nitrogens with zero attached hydrogens (tertiary/aromatic N) is 1. The molecule has 5 nitrogen and oxygen atoms in total. The summed E-state index contributed by atoms with van der Waals surface area (Å²) in [6.45, 7) is 5.11. The molecule has 2 rings (SSSR count). The van der Waals surface area contributed by atoms with Gasteiger partial charge in [0.1, 0.15) is 6.61 Å². The largest absolute Gasteiger partial charge is 0.457 e. The second kappa shape index (κ2) is 12.1. The van der Waals surface area contributed by atoms with Crippen LogP contribution in [0.2, 0.25) is 0 Å². The Morgan fingerprint density at radius 1 is 1.12 bits per heavy atom. The molecule has 138 valence electrons. The molecule has 2 aromatic rings. The van der Waals surface area contributed by atoms with Gasteiger partial charge in [0.15, 0.2) is 5.96 Å². The summed E-state index contributed by atoms with van der Waals surface area (Å²) in [5, 5.41) is 6.28. The van der Waals surface area contributed by atoms with Gasteiger partial charge in [-0.3, -0.25) is 4.99 Å². The van der Waals surface area contributed by atoms with Gasteiger partial charge in [0.05, 0.1) is 5.56 Å². The van der Waals surface area contributed by atoms with Gasteiger partial charge < -0.3 is 15.4 Å². The van der Waals surface area contributed by atoms with Crippen molar-refractivity contribution in [2.24, 2.45) is 4.99 Å². The van der Waals surface area contributed by atoms with E-state index in [0.717, 1.165) is 11.1 Å². The van der Waals surface area contributed by atoms with E-state index >= 15 is 0 Å². The van der Waals surface area contributed by atoms with Crippen molar-refractivity contribution in [1.82, 2.24) is 10.6 Å². The molecule has 0 amide bonds. The number of nitrogens with one attached hydrogen (secondary N) is 2. The number of carbonyl (C=O) groups is 1. The quantitative estimate of drug-likeness (QED) is 0.216. The predicted molar refractivity (Wildman–Crippen MR) is 116 cm³/mol. The van der Waals surface area contributed by atoms with Crippen molar-refractivity contribution in [3.8, 4) is 0 Å². The minimum atomic E-state index is -0.333. The molecule has 0 heterocycles. The highest BCUT2D eigenvalue weighted by Crippen LogP contribution is 2.09. The highest BCUT2D eigenvalue weighted by molar-refractivity contribution is 14.0. The van der Waals surface area contributed by atoms with E-state index in [2.05, 4.69) is 22.2 Å². The number of rotatable bonds is 7. The van der Waals surface area contributed by atoms with Crippen LogP contribution in [0.3, 0.4) is 0 Å². The van der Waals surface area contributed by atoms with Crippen LogP contribution in [0.1, 0.15) is 21.5 Å². The number of hydrogen-bond acceptors (Lipinski definition) is 3. The molecule has 0 saturated heterocycles. The first-order chi connectivity index (χ1) is 12.2. The summed E-state index contributed by atoms with van der Waals surface area (Å²) in [6.07, 6.45) is 1.76. The molecule has 0 aliphatic carbocycles. The lowest BCUT2D eigenvalue weighted by molar-refractivity contribution is 0.0472. The number of carbonyl (C=O) groups excluding carboxylic acids is 1. The Kier molecular flexibility index (Phi) is 10.1. The normalized spacial score (nSPS) is 10.4. The lowest BCUT2D eigenvalue weighted by atomic mass is 10.1. The van der Waals surface area contributed by atoms with E-state index in [1.165, 1.54) is 0 Å². The fraction of sp³-hybridized carbons (Fsp3) is 0.200. The van der Waals surface area contributed by atoms with E-state index < -0.39 is 0 Å². The van der Waals surface area contributed by atoms with Crippen LogP contribution in [-0.2, 0) is 17.9 Å². The molecule has 0 aliphatic heterocycles. The molecule has 26 heavy (non-hydrogen) atoms. The van der Waals surface area contributed by atoms with Crippen molar-refractivity contribution < 1.29 is 9.53 Å². The van der Waals surface area contributed by atoms with Crippen LogP contribution in [0.25, 0.3) is 0 Å². The molecule has 0 unspecified atom stereocenters. The van der Waals surface area contributed by atoms with Gasteiger partial charge in [-0.2, -0.15) is 0 Å². The van der Waals surface area contributed by atoms with Crippen LogP contribution < -0.4 is 10.6 Å². The zero-order chi connectivity index (χ0) is 17.9.